The van der Waals surface area contributed by atoms with Crippen molar-refractivity contribution in [1.29, 1.82) is 5.26 Å². The van der Waals surface area contributed by atoms with Gasteiger partial charge in [0.25, 0.3) is 0 Å². The fourth-order valence-corrected chi connectivity index (χ4v) is 1.69. The number of hydrogen-bond acceptors (Lipinski definition) is 3. The van der Waals surface area contributed by atoms with Crippen molar-refractivity contribution in [2.75, 3.05) is 5.73 Å². The van der Waals surface area contributed by atoms with E-state index in [1.54, 1.807) is 6.07 Å². The van der Waals surface area contributed by atoms with Crippen molar-refractivity contribution in [2.45, 2.75) is 24.9 Å². The molecule has 1 atom stereocenters. The molecule has 0 saturated carbocycles. The second-order valence-electron chi connectivity index (χ2n) is 4.27. The molecule has 0 aromatic heterocycles. The first-order valence-corrected chi connectivity index (χ1v) is 5.20. The first kappa shape index (κ1) is 14.8. The molecule has 0 radical (unpaired) electrons. The van der Waals surface area contributed by atoms with Crippen LogP contribution in [-0.2, 0) is 16.4 Å². The molecule has 4 nitrogen and oxygen atoms in total. The Kier molecular flexibility index (Phi) is 3.75. The molecule has 19 heavy (non-hydrogen) atoms. The Hall–Kier alpha value is -2.23. The summed E-state index contributed by atoms with van der Waals surface area (Å²) in [6.07, 6.45) is -4.95. The van der Waals surface area contributed by atoms with Gasteiger partial charge < -0.3 is 10.8 Å². The highest BCUT2D eigenvalue weighted by molar-refractivity contribution is 5.83. The van der Waals surface area contributed by atoms with Gasteiger partial charge in [-0.3, -0.25) is 4.79 Å². The number of nitrogen functional groups attached to an aromatic ring is 1. The third kappa shape index (κ3) is 2.78. The summed E-state index contributed by atoms with van der Waals surface area (Å²) in [5.41, 5.74) is 2.60. The number of aliphatic carboxylic acids is 1. The number of nitrogens with zero attached hydrogens (tertiary/aromatic N) is 1. The van der Waals surface area contributed by atoms with E-state index in [0.29, 0.717) is 6.07 Å². The lowest BCUT2D eigenvalue weighted by Gasteiger charge is -2.24. The maximum atomic E-state index is 12.5. The van der Waals surface area contributed by atoms with Gasteiger partial charge in [-0.2, -0.15) is 18.4 Å². The maximum absolute atomic E-state index is 12.5. The molecule has 0 fully saturated rings. The molecule has 1 unspecified atom stereocenters. The second-order valence-corrected chi connectivity index (χ2v) is 4.27. The van der Waals surface area contributed by atoms with Crippen molar-refractivity contribution in [2.24, 2.45) is 0 Å². The van der Waals surface area contributed by atoms with Crippen molar-refractivity contribution in [3.05, 3.63) is 29.3 Å². The number of nitriles is 1. The number of nitrogens with two attached hydrogens (primary N) is 1. The zero-order chi connectivity index (χ0) is 14.8. The Bertz CT molecular complexity index is 549. The van der Waals surface area contributed by atoms with Crippen LogP contribution >= 0.6 is 0 Å². The highest BCUT2D eigenvalue weighted by Crippen LogP contribution is 2.36. The summed E-state index contributed by atoms with van der Waals surface area (Å²) in [5.74, 6) is -1.32. The largest absolute Gasteiger partial charge is 0.481 e. The predicted octanol–water partition coefficient (Wildman–Crippen LogP) is 2.54. The summed E-state index contributed by atoms with van der Waals surface area (Å²) >= 11 is 0. The van der Waals surface area contributed by atoms with Gasteiger partial charge in [-0.25, -0.2) is 0 Å². The maximum Gasteiger partial charge on any atom is 0.416 e. The summed E-state index contributed by atoms with van der Waals surface area (Å²) in [6.45, 7) is 1.25. The molecule has 0 aliphatic carbocycles. The molecule has 0 heterocycles. The smallest absolute Gasteiger partial charge is 0.416 e. The fraction of sp³-hybridized carbons (Fsp3) is 0.333. The Morgan fingerprint density at radius 1 is 1.47 bits per heavy atom. The zero-order valence-electron chi connectivity index (χ0n) is 9.95. The van der Waals surface area contributed by atoms with Gasteiger partial charge in [0.1, 0.15) is 5.41 Å². The Morgan fingerprint density at radius 3 is 2.42 bits per heavy atom. The van der Waals surface area contributed by atoms with E-state index in [4.69, 9.17) is 16.1 Å². The number of halogens is 3. The summed E-state index contributed by atoms with van der Waals surface area (Å²) < 4.78 is 37.4. The van der Waals surface area contributed by atoms with Gasteiger partial charge in [0.15, 0.2) is 0 Å². The molecule has 7 heteroatoms. The van der Waals surface area contributed by atoms with Crippen LogP contribution in [0.5, 0.6) is 0 Å². The first-order valence-electron chi connectivity index (χ1n) is 5.20. The standard InChI is InChI=1S/C12H11F3N2O2/c1-11(4-5-16,10(18)19)8-3-2-7(6-9(8)17)12(13,14)15/h2-3,6H,4,17H2,1H3,(H,18,19). The molecule has 0 aliphatic rings. The summed E-state index contributed by atoms with van der Waals surface area (Å²) in [7, 11) is 0. The van der Waals surface area contributed by atoms with Gasteiger partial charge in [-0.05, 0) is 24.6 Å². The van der Waals surface area contributed by atoms with E-state index in [0.717, 1.165) is 12.1 Å². The number of benzene rings is 1. The quantitative estimate of drug-likeness (QED) is 0.828. The van der Waals surface area contributed by atoms with Gasteiger partial charge >= 0.3 is 12.1 Å². The molecule has 0 amide bonds. The van der Waals surface area contributed by atoms with E-state index in [-0.39, 0.29) is 11.3 Å². The lowest BCUT2D eigenvalue weighted by atomic mass is 9.79. The molecular formula is C12H11F3N2O2. The van der Waals surface area contributed by atoms with Crippen LogP contribution in [0.2, 0.25) is 0 Å². The van der Waals surface area contributed by atoms with Crippen LogP contribution in [0, 0.1) is 11.3 Å². The van der Waals surface area contributed by atoms with E-state index in [1.807, 2.05) is 0 Å². The van der Waals surface area contributed by atoms with Gasteiger partial charge in [0.2, 0.25) is 0 Å². The van der Waals surface area contributed by atoms with Crippen molar-refractivity contribution in [1.82, 2.24) is 0 Å². The summed E-state index contributed by atoms with van der Waals surface area (Å²) in [6, 6.07) is 4.13. The summed E-state index contributed by atoms with van der Waals surface area (Å²) in [4.78, 5) is 11.2. The molecule has 102 valence electrons. The van der Waals surface area contributed by atoms with Crippen LogP contribution < -0.4 is 5.73 Å². The lowest BCUT2D eigenvalue weighted by molar-refractivity contribution is -0.143. The van der Waals surface area contributed by atoms with Gasteiger partial charge in [0.05, 0.1) is 18.1 Å². The number of hydrogen-bond donors (Lipinski definition) is 2. The van der Waals surface area contributed by atoms with E-state index < -0.39 is 29.5 Å². The number of carboxylic acid groups (broad SMARTS) is 1. The molecular weight excluding hydrogens is 261 g/mol. The van der Waals surface area contributed by atoms with E-state index in [1.165, 1.54) is 6.92 Å². The number of rotatable bonds is 3. The van der Waals surface area contributed by atoms with Gasteiger partial charge in [-0.1, -0.05) is 6.07 Å². The minimum Gasteiger partial charge on any atom is -0.481 e. The lowest BCUT2D eigenvalue weighted by Crippen LogP contribution is -2.33. The number of anilines is 1. The van der Waals surface area contributed by atoms with E-state index in [9.17, 15) is 18.0 Å². The van der Waals surface area contributed by atoms with Crippen LogP contribution in [0.4, 0.5) is 18.9 Å². The molecule has 1 aromatic rings. The van der Waals surface area contributed by atoms with E-state index in [2.05, 4.69) is 0 Å². The Labute approximate surface area is 107 Å². The normalized spacial score (nSPS) is 14.5. The predicted molar refractivity (Wildman–Crippen MR) is 61.1 cm³/mol. The molecule has 0 spiro atoms. The van der Waals surface area contributed by atoms with Crippen LogP contribution in [-0.4, -0.2) is 11.1 Å². The molecule has 1 rings (SSSR count). The molecule has 0 aliphatic heterocycles. The minimum atomic E-state index is -4.55. The molecule has 3 N–H and O–H groups in total. The molecule has 0 saturated heterocycles. The number of carbonyl (C=O) groups is 1. The minimum absolute atomic E-state index is 0.00505. The monoisotopic (exact) mass is 272 g/mol. The third-order valence-corrected chi connectivity index (χ3v) is 2.88. The highest BCUT2D eigenvalue weighted by Gasteiger charge is 2.38. The van der Waals surface area contributed by atoms with Crippen molar-refractivity contribution in [3.63, 3.8) is 0 Å². The van der Waals surface area contributed by atoms with E-state index >= 15 is 0 Å². The van der Waals surface area contributed by atoms with Crippen LogP contribution in [0.25, 0.3) is 0 Å². The van der Waals surface area contributed by atoms with Crippen LogP contribution in [0.1, 0.15) is 24.5 Å². The van der Waals surface area contributed by atoms with Crippen molar-refractivity contribution >= 4 is 11.7 Å². The molecule has 1 aromatic carbocycles. The van der Waals surface area contributed by atoms with Gasteiger partial charge in [0, 0.05) is 5.69 Å². The Morgan fingerprint density at radius 2 is 2.05 bits per heavy atom. The highest BCUT2D eigenvalue weighted by atomic mass is 19.4. The number of carboxylic acids is 1. The average Bonchev–Trinajstić information content (AvgIpc) is 2.27. The van der Waals surface area contributed by atoms with Crippen molar-refractivity contribution < 1.29 is 23.1 Å². The van der Waals surface area contributed by atoms with Crippen molar-refractivity contribution in [3.8, 4) is 6.07 Å². The first-order chi connectivity index (χ1) is 8.63. The Balaban J connectivity index is 3.37. The topological polar surface area (TPSA) is 87.1 Å². The van der Waals surface area contributed by atoms with Crippen LogP contribution in [0.3, 0.4) is 0 Å². The number of alkyl halides is 3. The zero-order valence-corrected chi connectivity index (χ0v) is 9.95. The third-order valence-electron chi connectivity index (χ3n) is 2.88. The van der Waals surface area contributed by atoms with Crippen LogP contribution in [0.15, 0.2) is 18.2 Å². The fourth-order valence-electron chi connectivity index (χ4n) is 1.69. The SMILES string of the molecule is CC(CC#N)(C(=O)O)c1ccc(C(F)(F)F)cc1N. The molecule has 0 bridgehead atoms. The van der Waals surface area contributed by atoms with Gasteiger partial charge in [-0.15, -0.1) is 0 Å². The average molecular weight is 272 g/mol. The summed E-state index contributed by atoms with van der Waals surface area (Å²) in [5, 5.41) is 17.8. The second kappa shape index (κ2) is 4.80.